The average molecular weight is 152 g/mol. The molecule has 0 bridgehead atoms. The lowest BCUT2D eigenvalue weighted by atomic mass is 9.80. The van der Waals surface area contributed by atoms with E-state index in [9.17, 15) is 0 Å². The zero-order valence-electron chi connectivity index (χ0n) is 7.39. The molecular weight excluding hydrogens is 136 g/mol. The molecule has 1 heterocycles. The molecule has 0 radical (unpaired) electrons. The molecule has 1 saturated heterocycles. The Morgan fingerprint density at radius 2 is 2.36 bits per heavy atom. The highest BCUT2D eigenvalue weighted by Crippen LogP contribution is 2.50. The molecule has 2 fully saturated rings. The highest BCUT2D eigenvalue weighted by Gasteiger charge is 2.55. The number of rotatable bonds is 1. The lowest BCUT2D eigenvalue weighted by Crippen LogP contribution is -2.21. The Balaban J connectivity index is 1.98. The molecule has 1 nitrogen and oxygen atoms in total. The predicted molar refractivity (Wildman–Crippen MR) is 45.4 cm³/mol. The fourth-order valence-electron chi connectivity index (χ4n) is 2.09. The van der Waals surface area contributed by atoms with Crippen LogP contribution in [0.2, 0.25) is 0 Å². The topological polar surface area (TPSA) is 12.5 Å². The summed E-state index contributed by atoms with van der Waals surface area (Å²) in [6.07, 6.45) is 4.28. The first-order valence-electron chi connectivity index (χ1n) is 4.45. The van der Waals surface area contributed by atoms with Gasteiger partial charge in [-0.3, -0.25) is 0 Å². The summed E-state index contributed by atoms with van der Waals surface area (Å²) in [4.78, 5) is 0. The Kier molecular flexibility index (Phi) is 1.40. The Morgan fingerprint density at radius 1 is 1.64 bits per heavy atom. The van der Waals surface area contributed by atoms with E-state index in [4.69, 9.17) is 4.74 Å². The normalized spacial score (nSPS) is 48.2. The first-order valence-corrected chi connectivity index (χ1v) is 4.45. The van der Waals surface area contributed by atoms with Crippen molar-refractivity contribution >= 4 is 0 Å². The maximum atomic E-state index is 5.60. The number of epoxide rings is 1. The van der Waals surface area contributed by atoms with Crippen molar-refractivity contribution in [2.24, 2.45) is 5.92 Å². The Hall–Kier alpha value is -0.300. The van der Waals surface area contributed by atoms with Crippen LogP contribution in [0.25, 0.3) is 0 Å². The summed E-state index contributed by atoms with van der Waals surface area (Å²) in [6.45, 7) is 8.36. The lowest BCUT2D eigenvalue weighted by molar-refractivity contribution is 0.303. The first kappa shape index (κ1) is 7.35. The van der Waals surface area contributed by atoms with Gasteiger partial charge >= 0.3 is 0 Å². The second-order valence-corrected chi connectivity index (χ2v) is 4.24. The standard InChI is InChI=1S/C10H16O/c1-7(2)8-4-5-10(3)9(6-8)11-10/h8-9H,1,4-6H2,2-3H3/t8-,9?,10+/m1/s1. The summed E-state index contributed by atoms with van der Waals surface area (Å²) < 4.78 is 5.60. The minimum Gasteiger partial charge on any atom is -0.366 e. The quantitative estimate of drug-likeness (QED) is 0.415. The molecule has 0 aromatic rings. The van der Waals surface area contributed by atoms with Crippen LogP contribution in [0.15, 0.2) is 12.2 Å². The summed E-state index contributed by atoms with van der Waals surface area (Å²) >= 11 is 0. The SMILES string of the molecule is C=C(C)[C@@H]1CC[C@]2(C)OC2C1. The molecule has 3 atom stereocenters. The molecule has 2 aliphatic rings. The van der Waals surface area contributed by atoms with E-state index >= 15 is 0 Å². The number of fused-ring (bicyclic) bond motifs is 1. The smallest absolute Gasteiger partial charge is 0.0920 e. The van der Waals surface area contributed by atoms with Gasteiger partial charge in [0.15, 0.2) is 0 Å². The van der Waals surface area contributed by atoms with Crippen LogP contribution in [0.1, 0.15) is 33.1 Å². The van der Waals surface area contributed by atoms with Gasteiger partial charge < -0.3 is 4.74 Å². The molecule has 0 spiro atoms. The van der Waals surface area contributed by atoms with Gasteiger partial charge in [-0.15, -0.1) is 0 Å². The summed E-state index contributed by atoms with van der Waals surface area (Å²) in [5.74, 6) is 0.732. The van der Waals surface area contributed by atoms with Crippen LogP contribution < -0.4 is 0 Å². The Bertz CT molecular complexity index is 197. The Labute approximate surface area is 68.4 Å². The molecule has 0 aromatic heterocycles. The number of ether oxygens (including phenoxy) is 1. The van der Waals surface area contributed by atoms with E-state index < -0.39 is 0 Å². The predicted octanol–water partition coefficient (Wildman–Crippen LogP) is 2.52. The molecule has 11 heavy (non-hydrogen) atoms. The summed E-state index contributed by atoms with van der Waals surface area (Å²) in [5.41, 5.74) is 1.61. The van der Waals surface area contributed by atoms with Crippen molar-refractivity contribution in [3.63, 3.8) is 0 Å². The van der Waals surface area contributed by atoms with E-state index in [2.05, 4.69) is 20.4 Å². The Morgan fingerprint density at radius 3 is 2.91 bits per heavy atom. The fourth-order valence-corrected chi connectivity index (χ4v) is 2.09. The molecule has 0 N–H and O–H groups in total. The summed E-state index contributed by atoms with van der Waals surface area (Å²) in [6, 6.07) is 0. The third-order valence-corrected chi connectivity index (χ3v) is 3.22. The van der Waals surface area contributed by atoms with Crippen molar-refractivity contribution in [1.29, 1.82) is 0 Å². The van der Waals surface area contributed by atoms with Crippen LogP contribution in [-0.2, 0) is 4.74 Å². The van der Waals surface area contributed by atoms with Crippen LogP contribution in [0, 0.1) is 5.92 Å². The number of allylic oxidation sites excluding steroid dienone is 1. The molecule has 0 amide bonds. The van der Waals surface area contributed by atoms with Gasteiger partial charge in [-0.2, -0.15) is 0 Å². The van der Waals surface area contributed by atoms with E-state index in [-0.39, 0.29) is 5.60 Å². The highest BCUT2D eigenvalue weighted by molar-refractivity contribution is 5.10. The number of hydrogen-bond acceptors (Lipinski definition) is 1. The molecular formula is C10H16O. The summed E-state index contributed by atoms with van der Waals surface area (Å²) in [5, 5.41) is 0. The maximum absolute atomic E-state index is 5.60. The number of hydrogen-bond donors (Lipinski definition) is 0. The van der Waals surface area contributed by atoms with Crippen molar-refractivity contribution in [1.82, 2.24) is 0 Å². The largest absolute Gasteiger partial charge is 0.366 e. The van der Waals surface area contributed by atoms with E-state index in [0.717, 1.165) is 5.92 Å². The van der Waals surface area contributed by atoms with E-state index in [0.29, 0.717) is 6.10 Å². The van der Waals surface area contributed by atoms with E-state index in [1.54, 1.807) is 0 Å². The zero-order chi connectivity index (χ0) is 8.06. The van der Waals surface area contributed by atoms with Gasteiger partial charge in [0.05, 0.1) is 11.7 Å². The van der Waals surface area contributed by atoms with Crippen molar-refractivity contribution < 1.29 is 4.74 Å². The van der Waals surface area contributed by atoms with E-state index in [1.165, 1.54) is 24.8 Å². The van der Waals surface area contributed by atoms with Gasteiger partial charge in [0.25, 0.3) is 0 Å². The van der Waals surface area contributed by atoms with Gasteiger partial charge in [0, 0.05) is 0 Å². The van der Waals surface area contributed by atoms with Gasteiger partial charge in [-0.1, -0.05) is 12.2 Å². The third kappa shape index (κ3) is 1.12. The molecule has 2 rings (SSSR count). The van der Waals surface area contributed by atoms with Crippen LogP contribution in [0.3, 0.4) is 0 Å². The van der Waals surface area contributed by atoms with Crippen molar-refractivity contribution in [3.8, 4) is 0 Å². The van der Waals surface area contributed by atoms with Crippen LogP contribution in [-0.4, -0.2) is 11.7 Å². The van der Waals surface area contributed by atoms with E-state index in [1.807, 2.05) is 0 Å². The van der Waals surface area contributed by atoms with Crippen LogP contribution >= 0.6 is 0 Å². The van der Waals surface area contributed by atoms with Crippen molar-refractivity contribution in [2.45, 2.75) is 44.8 Å². The van der Waals surface area contributed by atoms with Gasteiger partial charge in [-0.05, 0) is 39.0 Å². The molecule has 62 valence electrons. The second-order valence-electron chi connectivity index (χ2n) is 4.24. The van der Waals surface area contributed by atoms with Crippen LogP contribution in [0.4, 0.5) is 0 Å². The maximum Gasteiger partial charge on any atom is 0.0920 e. The molecule has 1 aliphatic heterocycles. The highest BCUT2D eigenvalue weighted by atomic mass is 16.6. The molecule has 0 aromatic carbocycles. The average Bonchev–Trinajstić information content (AvgIpc) is 2.58. The molecule has 1 saturated carbocycles. The van der Waals surface area contributed by atoms with Gasteiger partial charge in [-0.25, -0.2) is 0 Å². The van der Waals surface area contributed by atoms with Crippen molar-refractivity contribution in [2.75, 3.05) is 0 Å². The molecule has 1 unspecified atom stereocenters. The van der Waals surface area contributed by atoms with Gasteiger partial charge in [0.1, 0.15) is 0 Å². The minimum absolute atomic E-state index is 0.270. The van der Waals surface area contributed by atoms with Crippen molar-refractivity contribution in [3.05, 3.63) is 12.2 Å². The molecule has 1 heteroatoms. The fraction of sp³-hybridized carbons (Fsp3) is 0.800. The lowest BCUT2D eigenvalue weighted by Gasteiger charge is -2.22. The second kappa shape index (κ2) is 2.10. The zero-order valence-corrected chi connectivity index (χ0v) is 7.39. The van der Waals surface area contributed by atoms with Crippen LogP contribution in [0.5, 0.6) is 0 Å². The first-order chi connectivity index (χ1) is 5.12. The summed E-state index contributed by atoms with van der Waals surface area (Å²) in [7, 11) is 0. The minimum atomic E-state index is 0.270. The third-order valence-electron chi connectivity index (χ3n) is 3.22. The van der Waals surface area contributed by atoms with Gasteiger partial charge in [0.2, 0.25) is 0 Å². The monoisotopic (exact) mass is 152 g/mol. The molecule has 1 aliphatic carbocycles.